The fourth-order valence-corrected chi connectivity index (χ4v) is 2.50. The Morgan fingerprint density at radius 1 is 1.17 bits per heavy atom. The number of halogens is 3. The maximum atomic E-state index is 13.5. The van der Waals surface area contributed by atoms with Crippen molar-refractivity contribution in [3.05, 3.63) is 35.1 Å². The third-order valence-electron chi connectivity index (χ3n) is 3.92. The first kappa shape index (κ1) is 17.1. The van der Waals surface area contributed by atoms with Crippen molar-refractivity contribution in [3.63, 3.8) is 0 Å². The number of urea groups is 1. The molecule has 1 aromatic carbocycles. The minimum absolute atomic E-state index is 0.0196. The van der Waals surface area contributed by atoms with Gasteiger partial charge in [-0.15, -0.1) is 0 Å². The van der Waals surface area contributed by atoms with Gasteiger partial charge in [-0.3, -0.25) is 4.79 Å². The van der Waals surface area contributed by atoms with Gasteiger partial charge in [-0.1, -0.05) is 6.07 Å². The molecule has 1 fully saturated rings. The monoisotopic (exact) mass is 330 g/mol. The molecule has 1 aromatic rings. The largest absolute Gasteiger partial charge is 0.481 e. The van der Waals surface area contributed by atoms with Crippen molar-refractivity contribution < 1.29 is 27.9 Å². The number of nitrogens with one attached hydrogen (secondary N) is 1. The van der Waals surface area contributed by atoms with Crippen molar-refractivity contribution in [1.29, 1.82) is 0 Å². The second-order valence-corrected chi connectivity index (χ2v) is 5.42. The Bertz CT molecular complexity index is 602. The number of hydrogen-bond donors (Lipinski definition) is 2. The quantitative estimate of drug-likeness (QED) is 0.831. The zero-order valence-corrected chi connectivity index (χ0v) is 12.3. The fraction of sp³-hybridized carbons (Fsp3) is 0.467. The molecule has 1 heterocycles. The summed E-state index contributed by atoms with van der Waals surface area (Å²) in [5, 5.41) is 11.4. The molecule has 5 nitrogen and oxygen atoms in total. The van der Waals surface area contributed by atoms with Crippen LogP contribution in [-0.4, -0.2) is 41.6 Å². The highest BCUT2D eigenvalue weighted by Crippen LogP contribution is 2.17. The topological polar surface area (TPSA) is 69.6 Å². The van der Waals surface area contributed by atoms with Crippen molar-refractivity contribution in [1.82, 2.24) is 10.2 Å². The SMILES string of the molecule is O=C(O)C1CCN(C(=O)NCCc2ccc(F)c(F)c2F)CC1. The number of likely N-dealkylation sites (tertiary alicyclic amines) is 1. The molecule has 2 amide bonds. The molecule has 0 unspecified atom stereocenters. The van der Waals surface area contributed by atoms with Gasteiger partial charge in [-0.2, -0.15) is 0 Å². The Balaban J connectivity index is 1.80. The van der Waals surface area contributed by atoms with Crippen molar-refractivity contribution in [3.8, 4) is 0 Å². The number of nitrogens with zero attached hydrogens (tertiary/aromatic N) is 1. The highest BCUT2D eigenvalue weighted by atomic mass is 19.2. The first-order chi connectivity index (χ1) is 10.9. The van der Waals surface area contributed by atoms with E-state index in [4.69, 9.17) is 5.11 Å². The number of hydrogen-bond acceptors (Lipinski definition) is 2. The van der Waals surface area contributed by atoms with Crippen LogP contribution in [0.4, 0.5) is 18.0 Å². The molecule has 0 aromatic heterocycles. The van der Waals surface area contributed by atoms with Crippen LogP contribution in [0.15, 0.2) is 12.1 Å². The Kier molecular flexibility index (Phi) is 5.46. The van der Waals surface area contributed by atoms with Crippen LogP contribution in [0.1, 0.15) is 18.4 Å². The Labute approximate surface area is 131 Å². The van der Waals surface area contributed by atoms with E-state index in [-0.39, 0.29) is 24.6 Å². The van der Waals surface area contributed by atoms with E-state index in [9.17, 15) is 22.8 Å². The van der Waals surface area contributed by atoms with E-state index in [2.05, 4.69) is 5.32 Å². The second kappa shape index (κ2) is 7.34. The zero-order valence-electron chi connectivity index (χ0n) is 12.3. The molecule has 0 saturated carbocycles. The van der Waals surface area contributed by atoms with Crippen LogP contribution in [0, 0.1) is 23.4 Å². The molecule has 0 atom stereocenters. The van der Waals surface area contributed by atoms with Gasteiger partial charge in [0.2, 0.25) is 0 Å². The summed E-state index contributed by atoms with van der Waals surface area (Å²) in [6.45, 7) is 0.740. The van der Waals surface area contributed by atoms with E-state index in [1.165, 1.54) is 4.90 Å². The lowest BCUT2D eigenvalue weighted by molar-refractivity contribution is -0.143. The number of carbonyl (C=O) groups is 2. The van der Waals surface area contributed by atoms with Gasteiger partial charge in [0, 0.05) is 19.6 Å². The second-order valence-electron chi connectivity index (χ2n) is 5.42. The van der Waals surface area contributed by atoms with E-state index in [1.807, 2.05) is 0 Å². The van der Waals surface area contributed by atoms with E-state index in [1.54, 1.807) is 0 Å². The van der Waals surface area contributed by atoms with Crippen LogP contribution in [0.5, 0.6) is 0 Å². The van der Waals surface area contributed by atoms with Gasteiger partial charge >= 0.3 is 12.0 Å². The summed E-state index contributed by atoms with van der Waals surface area (Å²) in [7, 11) is 0. The molecule has 23 heavy (non-hydrogen) atoms. The molecule has 8 heteroatoms. The minimum atomic E-state index is -1.52. The number of carbonyl (C=O) groups excluding carboxylic acids is 1. The molecule has 126 valence electrons. The maximum Gasteiger partial charge on any atom is 0.317 e. The molecular formula is C15H17F3N2O3. The fourth-order valence-electron chi connectivity index (χ4n) is 2.50. The lowest BCUT2D eigenvalue weighted by Crippen LogP contribution is -2.45. The van der Waals surface area contributed by atoms with Gasteiger partial charge in [-0.25, -0.2) is 18.0 Å². The van der Waals surface area contributed by atoms with E-state index >= 15 is 0 Å². The van der Waals surface area contributed by atoms with Crippen molar-refractivity contribution in [2.24, 2.45) is 5.92 Å². The number of benzene rings is 1. The number of carboxylic acid groups (broad SMARTS) is 1. The Morgan fingerprint density at radius 3 is 2.43 bits per heavy atom. The molecule has 1 aliphatic rings. The highest BCUT2D eigenvalue weighted by molar-refractivity contribution is 5.75. The van der Waals surface area contributed by atoms with Crippen molar-refractivity contribution in [2.45, 2.75) is 19.3 Å². The van der Waals surface area contributed by atoms with Gasteiger partial charge < -0.3 is 15.3 Å². The van der Waals surface area contributed by atoms with Crippen LogP contribution in [0.25, 0.3) is 0 Å². The molecule has 0 bridgehead atoms. The summed E-state index contributed by atoms with van der Waals surface area (Å²) in [6.07, 6.45) is 0.807. The average molecular weight is 330 g/mol. The summed E-state index contributed by atoms with van der Waals surface area (Å²) in [6, 6.07) is 1.60. The first-order valence-electron chi connectivity index (χ1n) is 7.28. The maximum absolute atomic E-state index is 13.5. The van der Waals surface area contributed by atoms with Gasteiger partial charge in [0.05, 0.1) is 5.92 Å². The molecule has 2 N–H and O–H groups in total. The van der Waals surface area contributed by atoms with Crippen LogP contribution < -0.4 is 5.32 Å². The highest BCUT2D eigenvalue weighted by Gasteiger charge is 2.26. The summed E-state index contributed by atoms with van der Waals surface area (Å²) < 4.78 is 39.4. The first-order valence-corrected chi connectivity index (χ1v) is 7.28. The molecule has 0 aliphatic carbocycles. The average Bonchev–Trinajstić information content (AvgIpc) is 2.54. The summed E-state index contributed by atoms with van der Waals surface area (Å²) >= 11 is 0. The molecule has 1 aliphatic heterocycles. The van der Waals surface area contributed by atoms with Crippen molar-refractivity contribution in [2.75, 3.05) is 19.6 Å². The number of amides is 2. The number of rotatable bonds is 4. The van der Waals surface area contributed by atoms with Crippen LogP contribution in [0.3, 0.4) is 0 Å². The summed E-state index contributed by atoms with van der Waals surface area (Å²) in [4.78, 5) is 24.2. The van der Waals surface area contributed by atoms with Crippen LogP contribution in [0.2, 0.25) is 0 Å². The predicted molar refractivity (Wildman–Crippen MR) is 75.4 cm³/mol. The predicted octanol–water partition coefficient (Wildman–Crippen LogP) is 2.15. The molecule has 2 rings (SSSR count). The van der Waals surface area contributed by atoms with Gasteiger partial charge in [-0.05, 0) is 30.9 Å². The van der Waals surface area contributed by atoms with E-state index < -0.39 is 29.3 Å². The number of piperidine rings is 1. The molecular weight excluding hydrogens is 313 g/mol. The van der Waals surface area contributed by atoms with E-state index in [0.717, 1.165) is 12.1 Å². The lowest BCUT2D eigenvalue weighted by atomic mass is 9.97. The van der Waals surface area contributed by atoms with Crippen LogP contribution in [-0.2, 0) is 11.2 Å². The standard InChI is InChI=1S/C15H17F3N2O3/c16-11-2-1-9(12(17)13(11)18)3-6-19-15(23)20-7-4-10(5-8-20)14(21)22/h1-2,10H,3-8H2,(H,19,23)(H,21,22). The minimum Gasteiger partial charge on any atom is -0.481 e. The van der Waals surface area contributed by atoms with Crippen LogP contribution >= 0.6 is 0 Å². The Morgan fingerprint density at radius 2 is 1.83 bits per heavy atom. The lowest BCUT2D eigenvalue weighted by Gasteiger charge is -2.30. The van der Waals surface area contributed by atoms with Gasteiger partial charge in [0.15, 0.2) is 17.5 Å². The molecule has 1 saturated heterocycles. The Hall–Kier alpha value is -2.25. The summed E-state index contributed by atoms with van der Waals surface area (Å²) in [5.41, 5.74) is -0.0196. The van der Waals surface area contributed by atoms with Crippen molar-refractivity contribution >= 4 is 12.0 Å². The number of carboxylic acids is 1. The smallest absolute Gasteiger partial charge is 0.317 e. The normalized spacial score (nSPS) is 15.5. The van der Waals surface area contributed by atoms with Gasteiger partial charge in [0.1, 0.15) is 0 Å². The number of aliphatic carboxylic acids is 1. The third kappa shape index (κ3) is 4.14. The summed E-state index contributed by atoms with van der Waals surface area (Å²) in [5.74, 6) is -5.32. The third-order valence-corrected chi connectivity index (χ3v) is 3.92. The molecule has 0 radical (unpaired) electrons. The van der Waals surface area contributed by atoms with Gasteiger partial charge in [0.25, 0.3) is 0 Å². The van der Waals surface area contributed by atoms with E-state index in [0.29, 0.717) is 25.9 Å². The zero-order chi connectivity index (χ0) is 17.0. The molecule has 0 spiro atoms.